The van der Waals surface area contributed by atoms with Gasteiger partial charge in [0, 0.05) is 29.6 Å². The maximum Gasteiger partial charge on any atom is 0.162 e. The van der Waals surface area contributed by atoms with Crippen LogP contribution in [0, 0.1) is 0 Å². The van der Waals surface area contributed by atoms with E-state index >= 15 is 0 Å². The minimum Gasteiger partial charge on any atom is -0.394 e. The Bertz CT molecular complexity index is 640. The highest BCUT2D eigenvalue weighted by Crippen LogP contribution is 2.24. The first-order valence-corrected chi connectivity index (χ1v) is 6.64. The van der Waals surface area contributed by atoms with Crippen LogP contribution in [-0.2, 0) is 0 Å². The average Bonchev–Trinajstić information content (AvgIpc) is 2.54. The molecule has 0 spiro atoms. The molecule has 0 saturated heterocycles. The van der Waals surface area contributed by atoms with Crippen molar-refractivity contribution in [2.24, 2.45) is 0 Å². The first-order chi connectivity index (χ1) is 10.2. The van der Waals surface area contributed by atoms with Crippen molar-refractivity contribution in [3.05, 3.63) is 48.9 Å². The largest absolute Gasteiger partial charge is 0.394 e. The highest BCUT2D eigenvalue weighted by Gasteiger charge is 2.13. The van der Waals surface area contributed by atoms with Gasteiger partial charge in [0.1, 0.15) is 5.82 Å². The molecule has 2 rings (SSSR count). The van der Waals surface area contributed by atoms with Gasteiger partial charge in [0.05, 0.1) is 12.3 Å². The quantitative estimate of drug-likeness (QED) is 0.852. The predicted molar refractivity (Wildman–Crippen MR) is 85.6 cm³/mol. The Kier molecular flexibility index (Phi) is 4.79. The maximum atomic E-state index is 9.21. The second-order valence-corrected chi connectivity index (χ2v) is 4.57. The summed E-state index contributed by atoms with van der Waals surface area (Å²) in [5, 5.41) is 12.4. The first-order valence-electron chi connectivity index (χ1n) is 6.64. The lowest BCUT2D eigenvalue weighted by molar-refractivity contribution is 0.281. The van der Waals surface area contributed by atoms with Gasteiger partial charge in [0.25, 0.3) is 0 Å². The molecule has 0 bridgehead atoms. The molecule has 0 aromatic carbocycles. The zero-order chi connectivity index (χ0) is 15.2. The lowest BCUT2D eigenvalue weighted by atomic mass is 10.1. The van der Waals surface area contributed by atoms with Gasteiger partial charge < -0.3 is 10.4 Å². The van der Waals surface area contributed by atoms with Crippen LogP contribution in [0.5, 0.6) is 0 Å². The lowest BCUT2D eigenvalue weighted by Crippen LogP contribution is -2.21. The maximum absolute atomic E-state index is 9.21. The van der Waals surface area contributed by atoms with Crippen LogP contribution in [0.25, 0.3) is 23.5 Å². The Labute approximate surface area is 124 Å². The zero-order valence-electron chi connectivity index (χ0n) is 12.0. The molecule has 0 aliphatic rings. The van der Waals surface area contributed by atoms with Crippen LogP contribution in [0.15, 0.2) is 37.7 Å². The summed E-state index contributed by atoms with van der Waals surface area (Å²) >= 11 is 0. The molecule has 21 heavy (non-hydrogen) atoms. The number of rotatable bonds is 6. The summed E-state index contributed by atoms with van der Waals surface area (Å²) in [6, 6.07) is 3.56. The Morgan fingerprint density at radius 1 is 1.24 bits per heavy atom. The highest BCUT2D eigenvalue weighted by atomic mass is 16.3. The number of anilines is 1. The van der Waals surface area contributed by atoms with Crippen LogP contribution in [0.2, 0.25) is 0 Å². The molecule has 0 aliphatic heterocycles. The summed E-state index contributed by atoms with van der Waals surface area (Å²) in [4.78, 5) is 13.0. The normalized spacial score (nSPS) is 11.7. The van der Waals surface area contributed by atoms with Gasteiger partial charge in [-0.1, -0.05) is 19.2 Å². The number of pyridine rings is 1. The summed E-state index contributed by atoms with van der Waals surface area (Å²) in [6.45, 7) is 9.46. The second-order valence-electron chi connectivity index (χ2n) is 4.57. The fourth-order valence-corrected chi connectivity index (χ4v) is 1.86. The second kappa shape index (κ2) is 6.76. The van der Waals surface area contributed by atoms with Crippen LogP contribution in [-0.4, -0.2) is 32.7 Å². The summed E-state index contributed by atoms with van der Waals surface area (Å²) < 4.78 is 0. The van der Waals surface area contributed by atoms with Gasteiger partial charge in [-0.2, -0.15) is 0 Å². The summed E-state index contributed by atoms with van der Waals surface area (Å²) in [7, 11) is 0. The van der Waals surface area contributed by atoms with Crippen molar-refractivity contribution in [3.63, 3.8) is 0 Å². The van der Waals surface area contributed by atoms with E-state index in [-0.39, 0.29) is 12.6 Å². The van der Waals surface area contributed by atoms with Gasteiger partial charge in [-0.25, -0.2) is 9.97 Å². The molecule has 5 heteroatoms. The van der Waals surface area contributed by atoms with Crippen LogP contribution in [0.3, 0.4) is 0 Å². The number of nitrogens with zero attached hydrogens (tertiary/aromatic N) is 3. The van der Waals surface area contributed by atoms with Gasteiger partial charge in [-0.05, 0) is 25.1 Å². The highest BCUT2D eigenvalue weighted by molar-refractivity contribution is 5.73. The molecule has 0 aliphatic carbocycles. The van der Waals surface area contributed by atoms with Crippen molar-refractivity contribution in [3.8, 4) is 11.4 Å². The van der Waals surface area contributed by atoms with Crippen molar-refractivity contribution >= 4 is 18.0 Å². The molecule has 1 atom stereocenters. The van der Waals surface area contributed by atoms with E-state index in [1.807, 2.05) is 19.1 Å². The molecule has 0 fully saturated rings. The monoisotopic (exact) mass is 282 g/mol. The summed E-state index contributed by atoms with van der Waals surface area (Å²) in [5.41, 5.74) is 2.32. The van der Waals surface area contributed by atoms with Crippen molar-refractivity contribution in [1.29, 1.82) is 0 Å². The van der Waals surface area contributed by atoms with Crippen molar-refractivity contribution < 1.29 is 5.11 Å². The van der Waals surface area contributed by atoms with E-state index < -0.39 is 0 Å². The van der Waals surface area contributed by atoms with Gasteiger partial charge in [-0.3, -0.25) is 4.98 Å². The van der Waals surface area contributed by atoms with E-state index in [2.05, 4.69) is 33.4 Å². The van der Waals surface area contributed by atoms with Crippen LogP contribution >= 0.6 is 0 Å². The van der Waals surface area contributed by atoms with Crippen LogP contribution < -0.4 is 5.32 Å². The van der Waals surface area contributed by atoms with Gasteiger partial charge >= 0.3 is 0 Å². The third-order valence-electron chi connectivity index (χ3n) is 2.97. The molecule has 0 saturated carbocycles. The Balaban J connectivity index is 2.56. The molecular weight excluding hydrogens is 264 g/mol. The van der Waals surface area contributed by atoms with Crippen molar-refractivity contribution in [1.82, 2.24) is 15.0 Å². The minimum absolute atomic E-state index is 0.00853. The van der Waals surface area contributed by atoms with E-state index in [1.54, 1.807) is 24.5 Å². The Morgan fingerprint density at radius 2 is 1.95 bits per heavy atom. The fraction of sp³-hybridized carbons (Fsp3) is 0.188. The molecule has 2 aromatic rings. The molecule has 108 valence electrons. The number of hydrogen-bond donors (Lipinski definition) is 2. The van der Waals surface area contributed by atoms with E-state index in [4.69, 9.17) is 0 Å². The summed E-state index contributed by atoms with van der Waals surface area (Å²) in [5.74, 6) is 1.20. The number of aliphatic hydroxyl groups excluding tert-OH is 1. The summed E-state index contributed by atoms with van der Waals surface area (Å²) in [6.07, 6.45) is 6.73. The van der Waals surface area contributed by atoms with E-state index in [1.165, 1.54) is 0 Å². The van der Waals surface area contributed by atoms with Crippen LogP contribution in [0.4, 0.5) is 5.82 Å². The van der Waals surface area contributed by atoms with Crippen LogP contribution in [0.1, 0.15) is 18.2 Å². The molecule has 2 aromatic heterocycles. The Morgan fingerprint density at radius 3 is 2.52 bits per heavy atom. The smallest absolute Gasteiger partial charge is 0.162 e. The number of aromatic nitrogens is 3. The predicted octanol–water partition coefficient (Wildman–Crippen LogP) is 2.62. The SMILES string of the molecule is C=Cc1nc(-c2ccncc2)nc(NC(C)CO)c1C=C. The van der Waals surface area contributed by atoms with Gasteiger partial charge in [-0.15, -0.1) is 0 Å². The topological polar surface area (TPSA) is 70.9 Å². The van der Waals surface area contributed by atoms with E-state index in [0.717, 1.165) is 11.1 Å². The molecular formula is C16H18N4O. The number of aliphatic hydroxyl groups is 1. The zero-order valence-corrected chi connectivity index (χ0v) is 12.0. The van der Waals surface area contributed by atoms with Gasteiger partial charge in [0.15, 0.2) is 5.82 Å². The fourth-order valence-electron chi connectivity index (χ4n) is 1.86. The third kappa shape index (κ3) is 3.32. The average molecular weight is 282 g/mol. The molecule has 5 nitrogen and oxygen atoms in total. The number of hydrogen-bond acceptors (Lipinski definition) is 5. The number of nitrogens with one attached hydrogen (secondary N) is 1. The first kappa shape index (κ1) is 14.9. The lowest BCUT2D eigenvalue weighted by Gasteiger charge is -2.16. The minimum atomic E-state index is -0.124. The van der Waals surface area contributed by atoms with E-state index in [0.29, 0.717) is 17.3 Å². The molecule has 0 amide bonds. The molecule has 0 radical (unpaired) electrons. The van der Waals surface area contributed by atoms with Gasteiger partial charge in [0.2, 0.25) is 0 Å². The third-order valence-corrected chi connectivity index (χ3v) is 2.97. The standard InChI is InChI=1S/C16H18N4O/c1-4-13-14(5-2)19-15(12-6-8-17-9-7-12)20-16(13)18-11(3)10-21/h4-9,11,21H,1-2,10H2,3H3,(H,18,19,20). The Hall–Kier alpha value is -2.53. The van der Waals surface area contributed by atoms with Crippen molar-refractivity contribution in [2.45, 2.75) is 13.0 Å². The molecule has 2 heterocycles. The molecule has 2 N–H and O–H groups in total. The van der Waals surface area contributed by atoms with E-state index in [9.17, 15) is 5.11 Å². The molecule has 1 unspecified atom stereocenters. The van der Waals surface area contributed by atoms with Crippen molar-refractivity contribution in [2.75, 3.05) is 11.9 Å².